The first-order valence-corrected chi connectivity index (χ1v) is 8.95. The molecule has 0 saturated carbocycles. The van der Waals surface area contributed by atoms with E-state index in [1.165, 1.54) is 0 Å². The molecule has 1 heterocycles. The van der Waals surface area contributed by atoms with Gasteiger partial charge in [0.15, 0.2) is 0 Å². The van der Waals surface area contributed by atoms with E-state index in [1.54, 1.807) is 48.5 Å². The van der Waals surface area contributed by atoms with Gasteiger partial charge in [0, 0.05) is 5.69 Å². The molecule has 0 saturated heterocycles. The summed E-state index contributed by atoms with van der Waals surface area (Å²) in [5.41, 5.74) is -0.302. The topological polar surface area (TPSA) is 93.2 Å². The van der Waals surface area contributed by atoms with E-state index in [0.717, 1.165) is 4.68 Å². The molecule has 7 nitrogen and oxygen atoms in total. The fraction of sp³-hybridized carbons (Fsp3) is 0.0455. The summed E-state index contributed by atoms with van der Waals surface area (Å²) in [5.74, 6) is 0.906. The van der Waals surface area contributed by atoms with E-state index in [4.69, 9.17) is 4.74 Å². The van der Waals surface area contributed by atoms with Gasteiger partial charge in [-0.15, -0.1) is 0 Å². The van der Waals surface area contributed by atoms with E-state index in [2.05, 4.69) is 10.4 Å². The Hall–Kier alpha value is -4.13. The summed E-state index contributed by atoms with van der Waals surface area (Å²) in [6.07, 6.45) is 0. The number of aromatic amines is 1. The molecule has 0 aliphatic carbocycles. The van der Waals surface area contributed by atoms with Gasteiger partial charge in [0.05, 0.1) is 10.8 Å². The number of H-pyrrole nitrogens is 1. The van der Waals surface area contributed by atoms with Crippen molar-refractivity contribution in [2.24, 2.45) is 0 Å². The van der Waals surface area contributed by atoms with Gasteiger partial charge in [0.25, 0.3) is 11.1 Å². The average Bonchev–Trinajstić information content (AvgIpc) is 2.74. The van der Waals surface area contributed by atoms with Crippen LogP contribution in [0.5, 0.6) is 11.5 Å². The number of para-hydroxylation sites is 1. The standard InChI is InChI=1S/C22H17N3O4/c26-20(14-25-22(28)19-9-5-4-8-18(19)21(27)24-25)23-15-10-12-17(13-11-15)29-16-6-2-1-3-7-16/h1-13H,14H2,(H,23,26)(H,24,27). The zero-order valence-corrected chi connectivity index (χ0v) is 15.3. The Kier molecular flexibility index (Phi) is 4.94. The summed E-state index contributed by atoms with van der Waals surface area (Å²) in [6.45, 7) is -0.304. The van der Waals surface area contributed by atoms with E-state index in [9.17, 15) is 14.4 Å². The number of amides is 1. The van der Waals surface area contributed by atoms with E-state index >= 15 is 0 Å². The third-order valence-electron chi connectivity index (χ3n) is 4.30. The van der Waals surface area contributed by atoms with Crippen molar-refractivity contribution in [3.05, 3.63) is 99.6 Å². The van der Waals surface area contributed by atoms with Crippen molar-refractivity contribution in [2.45, 2.75) is 6.54 Å². The Bertz CT molecular complexity index is 1280. The largest absolute Gasteiger partial charge is 0.457 e. The van der Waals surface area contributed by atoms with Crippen molar-refractivity contribution < 1.29 is 9.53 Å². The Balaban J connectivity index is 1.46. The highest BCUT2D eigenvalue weighted by Gasteiger charge is 2.10. The lowest BCUT2D eigenvalue weighted by atomic mass is 10.2. The highest BCUT2D eigenvalue weighted by molar-refractivity contribution is 5.90. The zero-order chi connectivity index (χ0) is 20.2. The SMILES string of the molecule is O=C(Cn1[nH]c(=O)c2ccccc2c1=O)Nc1ccc(Oc2ccccc2)cc1. The molecule has 1 amide bonds. The number of benzene rings is 3. The molecule has 0 atom stereocenters. The summed E-state index contributed by atoms with van der Waals surface area (Å²) in [5, 5.41) is 5.70. The monoisotopic (exact) mass is 387 g/mol. The second-order valence-corrected chi connectivity index (χ2v) is 6.37. The Morgan fingerprint density at radius 2 is 1.45 bits per heavy atom. The highest BCUT2D eigenvalue weighted by atomic mass is 16.5. The minimum atomic E-state index is -0.435. The molecule has 3 aromatic carbocycles. The van der Waals surface area contributed by atoms with Crippen LogP contribution in [0.1, 0.15) is 0 Å². The molecule has 0 radical (unpaired) electrons. The third kappa shape index (κ3) is 4.08. The first kappa shape index (κ1) is 18.2. The Morgan fingerprint density at radius 3 is 2.17 bits per heavy atom. The quantitative estimate of drug-likeness (QED) is 0.550. The first-order valence-electron chi connectivity index (χ1n) is 8.95. The van der Waals surface area contributed by atoms with Crippen molar-refractivity contribution in [3.63, 3.8) is 0 Å². The molecule has 29 heavy (non-hydrogen) atoms. The van der Waals surface area contributed by atoms with Crippen molar-refractivity contribution in [1.82, 2.24) is 9.78 Å². The number of carbonyl (C=O) groups is 1. The van der Waals surface area contributed by atoms with Gasteiger partial charge in [-0.25, -0.2) is 4.68 Å². The molecule has 0 aliphatic heterocycles. The number of hydrogen-bond donors (Lipinski definition) is 2. The van der Waals surface area contributed by atoms with Crippen LogP contribution in [0.2, 0.25) is 0 Å². The number of rotatable bonds is 5. The minimum absolute atomic E-state index is 0.270. The zero-order valence-electron chi connectivity index (χ0n) is 15.3. The predicted molar refractivity (Wildman–Crippen MR) is 110 cm³/mol. The fourth-order valence-corrected chi connectivity index (χ4v) is 2.93. The van der Waals surface area contributed by atoms with Crippen LogP contribution in [0.4, 0.5) is 5.69 Å². The van der Waals surface area contributed by atoms with Crippen LogP contribution >= 0.6 is 0 Å². The number of anilines is 1. The van der Waals surface area contributed by atoms with Crippen molar-refractivity contribution >= 4 is 22.4 Å². The number of aromatic nitrogens is 2. The van der Waals surface area contributed by atoms with Gasteiger partial charge in [-0.05, 0) is 48.5 Å². The van der Waals surface area contributed by atoms with Crippen LogP contribution in [0, 0.1) is 0 Å². The smallest absolute Gasteiger partial charge is 0.273 e. The van der Waals surface area contributed by atoms with Crippen molar-refractivity contribution in [3.8, 4) is 11.5 Å². The number of hydrogen-bond acceptors (Lipinski definition) is 4. The number of ether oxygens (including phenoxy) is 1. The minimum Gasteiger partial charge on any atom is -0.457 e. The third-order valence-corrected chi connectivity index (χ3v) is 4.30. The van der Waals surface area contributed by atoms with E-state index in [1.807, 2.05) is 30.3 Å². The lowest BCUT2D eigenvalue weighted by Gasteiger charge is -2.09. The second kappa shape index (κ2) is 7.85. The van der Waals surface area contributed by atoms with E-state index in [-0.39, 0.29) is 11.9 Å². The normalized spacial score (nSPS) is 10.6. The van der Waals surface area contributed by atoms with Crippen molar-refractivity contribution in [2.75, 3.05) is 5.32 Å². The van der Waals surface area contributed by atoms with Gasteiger partial charge in [-0.1, -0.05) is 30.3 Å². The summed E-state index contributed by atoms with van der Waals surface area (Å²) in [4.78, 5) is 36.9. The summed E-state index contributed by atoms with van der Waals surface area (Å²) in [6, 6.07) is 22.7. The molecule has 144 valence electrons. The Labute approximate surface area is 165 Å². The van der Waals surface area contributed by atoms with Crippen LogP contribution in [0.3, 0.4) is 0 Å². The molecular weight excluding hydrogens is 370 g/mol. The summed E-state index contributed by atoms with van der Waals surface area (Å²) >= 11 is 0. The maximum atomic E-state index is 12.5. The molecular formula is C22H17N3O4. The van der Waals surface area contributed by atoms with Crippen LogP contribution in [0.15, 0.2) is 88.5 Å². The molecule has 0 unspecified atom stereocenters. The summed E-state index contributed by atoms with van der Waals surface area (Å²) < 4.78 is 6.71. The first-order chi connectivity index (χ1) is 14.1. The molecule has 7 heteroatoms. The van der Waals surface area contributed by atoms with Crippen LogP contribution < -0.4 is 21.2 Å². The van der Waals surface area contributed by atoms with E-state index < -0.39 is 17.0 Å². The van der Waals surface area contributed by atoms with Gasteiger partial charge < -0.3 is 10.1 Å². The number of carbonyl (C=O) groups excluding carboxylic acids is 1. The Morgan fingerprint density at radius 1 is 0.828 bits per heavy atom. The fourth-order valence-electron chi connectivity index (χ4n) is 2.93. The maximum absolute atomic E-state index is 12.5. The number of nitrogens with one attached hydrogen (secondary N) is 2. The average molecular weight is 387 g/mol. The predicted octanol–water partition coefficient (Wildman–Crippen LogP) is 3.12. The van der Waals surface area contributed by atoms with Crippen LogP contribution in [0.25, 0.3) is 10.8 Å². The van der Waals surface area contributed by atoms with E-state index in [0.29, 0.717) is 22.6 Å². The molecule has 0 aliphatic rings. The van der Waals surface area contributed by atoms with Gasteiger partial charge in [-0.3, -0.25) is 19.5 Å². The molecule has 2 N–H and O–H groups in total. The number of nitrogens with zero attached hydrogens (tertiary/aromatic N) is 1. The van der Waals surface area contributed by atoms with Gasteiger partial charge in [0.1, 0.15) is 18.0 Å². The van der Waals surface area contributed by atoms with Gasteiger partial charge in [-0.2, -0.15) is 0 Å². The lowest BCUT2D eigenvalue weighted by molar-refractivity contribution is -0.117. The van der Waals surface area contributed by atoms with Gasteiger partial charge in [0.2, 0.25) is 5.91 Å². The van der Waals surface area contributed by atoms with Gasteiger partial charge >= 0.3 is 0 Å². The molecule has 0 spiro atoms. The highest BCUT2D eigenvalue weighted by Crippen LogP contribution is 2.22. The van der Waals surface area contributed by atoms with Crippen LogP contribution in [-0.2, 0) is 11.3 Å². The molecule has 4 aromatic rings. The maximum Gasteiger partial charge on any atom is 0.273 e. The van der Waals surface area contributed by atoms with Crippen LogP contribution in [-0.4, -0.2) is 15.7 Å². The molecule has 4 rings (SSSR count). The molecule has 1 aromatic heterocycles. The van der Waals surface area contributed by atoms with Crippen molar-refractivity contribution in [1.29, 1.82) is 0 Å². The number of fused-ring (bicyclic) bond motifs is 1. The second-order valence-electron chi connectivity index (χ2n) is 6.37. The lowest BCUT2D eigenvalue weighted by Crippen LogP contribution is -2.34. The molecule has 0 bridgehead atoms. The molecule has 0 fully saturated rings. The summed E-state index contributed by atoms with van der Waals surface area (Å²) in [7, 11) is 0.